The average molecular weight is 1060 g/mol. The van der Waals surface area contributed by atoms with Crippen LogP contribution in [0, 0.1) is 0 Å². The molecule has 0 aromatic heterocycles. The van der Waals surface area contributed by atoms with Crippen LogP contribution in [-0.4, -0.2) is 159 Å². The largest absolute Gasteiger partial charge is 0.744 e. The van der Waals surface area contributed by atoms with Gasteiger partial charge >= 0.3 is 5.97 Å². The SMILES string of the molecule is CCN1/C(=C/C=C/C=C/C=C/C2=[N+](CCCCCC(=O)O)c3ccc(S(=O)(=O)O)cc3C2(C)CCCS(=O)(=O)O)C(C)(CCOCCOCCOCCOCCOCCOC)c2cc(S(=O)(=O)[O-])ccc21. The van der Waals surface area contributed by atoms with Gasteiger partial charge in [-0.25, -0.2) is 8.42 Å². The summed E-state index contributed by atoms with van der Waals surface area (Å²) in [6.07, 6.45) is 15.1. The number of anilines is 1. The van der Waals surface area contributed by atoms with Crippen molar-refractivity contribution in [3.05, 3.63) is 95.8 Å². The molecule has 0 bridgehead atoms. The maximum atomic E-state index is 12.3. The second-order valence-corrected chi connectivity index (χ2v) is 21.7. The van der Waals surface area contributed by atoms with Crippen LogP contribution in [0.1, 0.15) is 76.8 Å². The first-order chi connectivity index (χ1) is 33.7. The molecule has 0 saturated heterocycles. The van der Waals surface area contributed by atoms with Gasteiger partial charge in [-0.3, -0.25) is 13.9 Å². The number of methoxy groups -OCH3 is 1. The zero-order valence-corrected chi connectivity index (χ0v) is 43.5. The number of carboxylic acids is 1. The Hall–Kier alpha value is -4.17. The summed E-state index contributed by atoms with van der Waals surface area (Å²) in [6.45, 7) is 11.3. The molecule has 2 heterocycles. The minimum atomic E-state index is -4.74. The van der Waals surface area contributed by atoms with Crippen molar-refractivity contribution >= 4 is 53.4 Å². The summed E-state index contributed by atoms with van der Waals surface area (Å²) in [4.78, 5) is 12.6. The fourth-order valence-corrected chi connectivity index (χ4v) is 10.2. The van der Waals surface area contributed by atoms with Crippen molar-refractivity contribution in [3.8, 4) is 0 Å². The molecule has 0 amide bonds. The summed E-state index contributed by atoms with van der Waals surface area (Å²) in [6, 6.07) is 8.66. The van der Waals surface area contributed by atoms with Gasteiger partial charge in [-0.05, 0) is 94.8 Å². The zero-order chi connectivity index (χ0) is 52.1. The number of aliphatic carboxylic acids is 1. The van der Waals surface area contributed by atoms with E-state index in [1.807, 2.05) is 49.7 Å². The molecule has 0 fully saturated rings. The molecular formula is C49H70N2O17S3. The smallest absolute Gasteiger partial charge is 0.303 e. The van der Waals surface area contributed by atoms with Crippen LogP contribution in [0.5, 0.6) is 0 Å². The number of likely N-dealkylation sites (N-methyl/N-ethyl adjacent to an activating group) is 1. The lowest BCUT2D eigenvalue weighted by atomic mass is 9.76. The number of benzene rings is 2. The van der Waals surface area contributed by atoms with Crippen LogP contribution in [0.2, 0.25) is 0 Å². The molecule has 4 rings (SSSR count). The Bertz CT molecular complexity index is 2580. The second-order valence-electron chi connectivity index (χ2n) is 17.3. The molecule has 22 heteroatoms. The zero-order valence-electron chi connectivity index (χ0n) is 41.0. The number of ether oxygens (including phenoxy) is 6. The fraction of sp³-hybridized carbons (Fsp3) is 0.551. The Morgan fingerprint density at radius 1 is 0.690 bits per heavy atom. The Morgan fingerprint density at radius 2 is 1.25 bits per heavy atom. The van der Waals surface area contributed by atoms with E-state index >= 15 is 0 Å². The number of carboxylic acid groups (broad SMARTS) is 1. The third-order valence-electron chi connectivity index (χ3n) is 12.3. The van der Waals surface area contributed by atoms with Crippen LogP contribution in [-0.2, 0) is 74.4 Å². The summed E-state index contributed by atoms with van der Waals surface area (Å²) < 4.78 is 139. The number of hydrogen-bond donors (Lipinski definition) is 3. The van der Waals surface area contributed by atoms with Gasteiger partial charge in [0.1, 0.15) is 16.7 Å². The predicted octanol–water partition coefficient (Wildman–Crippen LogP) is 5.98. The molecule has 71 heavy (non-hydrogen) atoms. The first-order valence-corrected chi connectivity index (χ1v) is 28.0. The number of fused-ring (bicyclic) bond motifs is 2. The second kappa shape index (κ2) is 28.3. The van der Waals surface area contributed by atoms with Gasteiger partial charge in [0, 0.05) is 67.6 Å². The molecule has 0 radical (unpaired) electrons. The molecule has 396 valence electrons. The molecule has 3 N–H and O–H groups in total. The minimum Gasteiger partial charge on any atom is -0.744 e. The highest BCUT2D eigenvalue weighted by atomic mass is 32.2. The first kappa shape index (κ1) is 59.4. The number of hydrogen-bond acceptors (Lipinski definition) is 15. The van der Waals surface area contributed by atoms with Gasteiger partial charge in [0.25, 0.3) is 20.2 Å². The van der Waals surface area contributed by atoms with E-state index in [0.29, 0.717) is 134 Å². The standard InChI is InChI=1S/C49H70N2O17S3/c1-5-50-43-20-18-39(70(57,58)59)37-41(43)49(3,23-25-64-28-29-66-32-33-68-35-34-67-31-30-65-27-26-63-4)45(50)15-10-7-6-8-11-16-46-48(2,22-14-36-69(54,55)56)42-38-40(71(60,61)62)19-21-44(42)51(46)24-13-9-12-17-47(52)53/h6-8,10-11,15-16,18-21,37-38H,5,9,12-14,17,22-36H2,1-4H3,(H3-,52,53,54,55,56,57,58,59,60,61,62). The molecule has 2 unspecified atom stereocenters. The molecule has 2 atom stereocenters. The Morgan fingerprint density at radius 3 is 1.82 bits per heavy atom. The van der Waals surface area contributed by atoms with E-state index in [0.717, 1.165) is 11.4 Å². The lowest BCUT2D eigenvalue weighted by molar-refractivity contribution is -0.438. The summed E-state index contributed by atoms with van der Waals surface area (Å²) in [5.41, 5.74) is 2.48. The van der Waals surface area contributed by atoms with E-state index in [9.17, 15) is 43.7 Å². The maximum absolute atomic E-state index is 12.3. The molecule has 2 aliphatic heterocycles. The minimum absolute atomic E-state index is 0.0106. The van der Waals surface area contributed by atoms with E-state index in [1.165, 1.54) is 24.3 Å². The van der Waals surface area contributed by atoms with E-state index < -0.39 is 52.9 Å². The third-order valence-corrected chi connectivity index (χ3v) is 14.8. The van der Waals surface area contributed by atoms with Crippen molar-refractivity contribution in [2.24, 2.45) is 0 Å². The van der Waals surface area contributed by atoms with Crippen molar-refractivity contribution in [2.45, 2.75) is 86.3 Å². The van der Waals surface area contributed by atoms with Crippen molar-refractivity contribution in [1.82, 2.24) is 0 Å². The van der Waals surface area contributed by atoms with E-state index in [-0.39, 0.29) is 29.1 Å². The molecule has 19 nitrogen and oxygen atoms in total. The number of rotatable bonds is 35. The quantitative estimate of drug-likeness (QED) is 0.0310. The first-order valence-electron chi connectivity index (χ1n) is 23.6. The predicted molar refractivity (Wildman–Crippen MR) is 266 cm³/mol. The van der Waals surface area contributed by atoms with Crippen LogP contribution in [0.4, 0.5) is 11.4 Å². The van der Waals surface area contributed by atoms with Gasteiger partial charge in [-0.1, -0.05) is 30.4 Å². The molecule has 0 spiro atoms. The molecule has 0 aliphatic carbocycles. The lowest BCUT2D eigenvalue weighted by Crippen LogP contribution is -2.32. The number of carbonyl (C=O) groups is 1. The van der Waals surface area contributed by atoms with Crippen molar-refractivity contribution in [2.75, 3.05) is 104 Å². The normalized spacial score (nSPS) is 19.1. The number of nitrogens with zero attached hydrogens (tertiary/aromatic N) is 2. The molecule has 2 aromatic carbocycles. The Balaban J connectivity index is 1.49. The summed E-state index contributed by atoms with van der Waals surface area (Å²) in [5.74, 6) is -1.42. The van der Waals surface area contributed by atoms with Gasteiger partial charge in [0.2, 0.25) is 5.69 Å². The third kappa shape index (κ3) is 18.1. The lowest BCUT2D eigenvalue weighted by Gasteiger charge is -2.30. The van der Waals surface area contributed by atoms with Crippen molar-refractivity contribution < 1.29 is 81.8 Å². The summed E-state index contributed by atoms with van der Waals surface area (Å²) >= 11 is 0. The van der Waals surface area contributed by atoms with Gasteiger partial charge in [-0.15, -0.1) is 0 Å². The monoisotopic (exact) mass is 1050 g/mol. The fourth-order valence-electron chi connectivity index (χ4n) is 8.70. The van der Waals surface area contributed by atoms with Crippen LogP contribution < -0.4 is 4.90 Å². The van der Waals surface area contributed by atoms with Gasteiger partial charge < -0.3 is 43.0 Å². The number of unbranched alkanes of at least 4 members (excludes halogenated alkanes) is 2. The summed E-state index contributed by atoms with van der Waals surface area (Å²) in [5, 5.41) is 9.14. The van der Waals surface area contributed by atoms with E-state index in [4.69, 9.17) is 33.5 Å². The Labute approximate surface area is 419 Å². The van der Waals surface area contributed by atoms with Crippen molar-refractivity contribution in [3.63, 3.8) is 0 Å². The van der Waals surface area contributed by atoms with E-state index in [2.05, 4.69) is 4.90 Å². The molecule has 2 aromatic rings. The maximum Gasteiger partial charge on any atom is 0.303 e. The van der Waals surface area contributed by atoms with Crippen LogP contribution in [0.3, 0.4) is 0 Å². The number of allylic oxidation sites excluding steroid dienone is 8. The van der Waals surface area contributed by atoms with Gasteiger partial charge in [-0.2, -0.15) is 21.4 Å². The molecule has 0 saturated carbocycles. The highest BCUT2D eigenvalue weighted by Gasteiger charge is 2.48. The van der Waals surface area contributed by atoms with Gasteiger partial charge in [0.05, 0.1) is 87.0 Å². The van der Waals surface area contributed by atoms with Crippen LogP contribution >= 0.6 is 0 Å². The topological polar surface area (TPSA) is 265 Å². The van der Waals surface area contributed by atoms with Crippen LogP contribution in [0.25, 0.3) is 0 Å². The Kier molecular flexibility index (Phi) is 23.7. The van der Waals surface area contributed by atoms with Gasteiger partial charge in [0.15, 0.2) is 5.71 Å². The van der Waals surface area contributed by atoms with Crippen LogP contribution in [0.15, 0.2) is 94.4 Å². The molecule has 2 aliphatic rings. The molecular weight excluding hydrogens is 985 g/mol. The summed E-state index contributed by atoms with van der Waals surface area (Å²) in [7, 11) is -12.0. The highest BCUT2D eigenvalue weighted by Crippen LogP contribution is 2.50. The van der Waals surface area contributed by atoms with E-state index in [1.54, 1.807) is 37.5 Å². The van der Waals surface area contributed by atoms with Crippen molar-refractivity contribution in [1.29, 1.82) is 0 Å². The average Bonchev–Trinajstić information content (AvgIpc) is 3.67. The highest BCUT2D eigenvalue weighted by molar-refractivity contribution is 7.86.